The van der Waals surface area contributed by atoms with Crippen molar-refractivity contribution < 1.29 is 17.9 Å². The minimum atomic E-state index is -3.60. The van der Waals surface area contributed by atoms with E-state index in [9.17, 15) is 8.42 Å². The van der Waals surface area contributed by atoms with Gasteiger partial charge < -0.3 is 19.7 Å². The molecule has 1 aromatic heterocycles. The van der Waals surface area contributed by atoms with Crippen LogP contribution in [0.2, 0.25) is 0 Å². The molecule has 0 spiro atoms. The number of rotatable bonds is 10. The number of aliphatic imine (C=N–C) groups is 1. The fraction of sp³-hybridized carbons (Fsp3) is 0.400. The zero-order chi connectivity index (χ0) is 22.0. The van der Waals surface area contributed by atoms with E-state index in [1.54, 1.807) is 20.3 Å². The van der Waals surface area contributed by atoms with Crippen molar-refractivity contribution in [3.63, 3.8) is 0 Å². The van der Waals surface area contributed by atoms with Gasteiger partial charge in [-0.15, -0.1) is 24.0 Å². The van der Waals surface area contributed by atoms with Gasteiger partial charge in [0.15, 0.2) is 5.96 Å². The monoisotopic (exact) mass is 563 g/mol. The van der Waals surface area contributed by atoms with Gasteiger partial charge in [-0.05, 0) is 31.2 Å². The summed E-state index contributed by atoms with van der Waals surface area (Å²) in [4.78, 5) is 10.4. The number of pyridine rings is 1. The number of sulfonamides is 1. The predicted octanol–water partition coefficient (Wildman–Crippen LogP) is 2.09. The second-order valence-corrected chi connectivity index (χ2v) is 8.12. The highest BCUT2D eigenvalue weighted by Crippen LogP contribution is 2.25. The summed E-state index contributed by atoms with van der Waals surface area (Å²) < 4.78 is 37.7. The Morgan fingerprint density at radius 2 is 2.00 bits per heavy atom. The van der Waals surface area contributed by atoms with E-state index in [1.807, 2.05) is 37.1 Å². The van der Waals surface area contributed by atoms with Crippen LogP contribution < -0.4 is 19.5 Å². The molecule has 0 saturated carbocycles. The third-order valence-corrected chi connectivity index (χ3v) is 5.65. The van der Waals surface area contributed by atoms with E-state index in [1.165, 1.54) is 18.5 Å². The van der Waals surface area contributed by atoms with Crippen molar-refractivity contribution in [2.45, 2.75) is 18.4 Å². The molecule has 0 aliphatic heterocycles. The minimum Gasteiger partial charge on any atom is -0.497 e. The summed E-state index contributed by atoms with van der Waals surface area (Å²) in [5.74, 6) is 2.11. The maximum atomic E-state index is 12.3. The van der Waals surface area contributed by atoms with Gasteiger partial charge in [-0.2, -0.15) is 0 Å². The number of ether oxygens (including phenoxy) is 2. The molecule has 2 N–H and O–H groups in total. The van der Waals surface area contributed by atoms with E-state index in [4.69, 9.17) is 9.47 Å². The topological polar surface area (TPSA) is 105 Å². The van der Waals surface area contributed by atoms with Crippen LogP contribution in [-0.2, 0) is 16.6 Å². The van der Waals surface area contributed by atoms with Crippen molar-refractivity contribution >= 4 is 40.0 Å². The molecule has 2 rings (SSSR count). The number of guanidine groups is 1. The number of nitrogens with zero attached hydrogens (tertiary/aromatic N) is 3. The lowest BCUT2D eigenvalue weighted by atomic mass is 10.2. The average Bonchev–Trinajstić information content (AvgIpc) is 2.76. The van der Waals surface area contributed by atoms with Crippen LogP contribution in [0.1, 0.15) is 12.5 Å². The van der Waals surface area contributed by atoms with E-state index < -0.39 is 10.0 Å². The van der Waals surface area contributed by atoms with E-state index in [2.05, 4.69) is 20.0 Å². The number of hydrogen-bond donors (Lipinski definition) is 2. The third-order valence-electron chi connectivity index (χ3n) is 4.21. The molecule has 0 radical (unpaired) electrons. The molecule has 31 heavy (non-hydrogen) atoms. The first-order valence-corrected chi connectivity index (χ1v) is 11.0. The van der Waals surface area contributed by atoms with Gasteiger partial charge in [0.1, 0.15) is 16.4 Å². The highest BCUT2D eigenvalue weighted by molar-refractivity contribution is 14.0. The zero-order valence-electron chi connectivity index (χ0n) is 18.2. The molecule has 1 heterocycles. The molecule has 0 saturated heterocycles. The SMILES string of the molecule is CCNC(=NCCNS(=O)(=O)c1cccnc1)N(C)Cc1ccc(OC)cc1OC.I. The van der Waals surface area contributed by atoms with E-state index in [-0.39, 0.29) is 42.0 Å². The predicted molar refractivity (Wildman–Crippen MR) is 132 cm³/mol. The van der Waals surface area contributed by atoms with Crippen LogP contribution in [0.15, 0.2) is 52.6 Å². The average molecular weight is 563 g/mol. The lowest BCUT2D eigenvalue weighted by molar-refractivity contribution is 0.382. The number of hydrogen-bond acceptors (Lipinski definition) is 6. The van der Waals surface area contributed by atoms with Crippen LogP contribution in [0.5, 0.6) is 11.5 Å². The van der Waals surface area contributed by atoms with Crippen molar-refractivity contribution in [1.82, 2.24) is 19.9 Å². The van der Waals surface area contributed by atoms with Crippen molar-refractivity contribution in [3.05, 3.63) is 48.3 Å². The normalized spacial score (nSPS) is 11.4. The standard InChI is InChI=1S/C20H29N5O4S.HI/c1-5-22-20(23-11-12-24-30(26,27)18-7-6-10-21-14-18)25(2)15-16-8-9-17(28-3)13-19(16)29-4;/h6-10,13-14,24H,5,11-12,15H2,1-4H3,(H,22,23);1H. The number of nitrogens with one attached hydrogen (secondary N) is 2. The van der Waals surface area contributed by atoms with Crippen LogP contribution in [-0.4, -0.2) is 65.2 Å². The summed E-state index contributed by atoms with van der Waals surface area (Å²) in [6.45, 7) is 3.67. The fourth-order valence-electron chi connectivity index (χ4n) is 2.71. The molecule has 0 unspecified atom stereocenters. The molecule has 2 aromatic rings. The maximum Gasteiger partial charge on any atom is 0.242 e. The van der Waals surface area contributed by atoms with Gasteiger partial charge in [0, 0.05) is 50.7 Å². The van der Waals surface area contributed by atoms with Crippen LogP contribution in [0.25, 0.3) is 0 Å². The van der Waals surface area contributed by atoms with Crippen molar-refractivity contribution in [2.24, 2.45) is 4.99 Å². The Balaban J connectivity index is 0.00000480. The fourth-order valence-corrected chi connectivity index (χ4v) is 3.70. The Morgan fingerprint density at radius 3 is 2.61 bits per heavy atom. The highest BCUT2D eigenvalue weighted by Gasteiger charge is 2.14. The van der Waals surface area contributed by atoms with Gasteiger partial charge in [-0.1, -0.05) is 0 Å². The molecule has 0 atom stereocenters. The number of halogens is 1. The Labute approximate surface area is 201 Å². The molecule has 0 fully saturated rings. The molecule has 0 aliphatic carbocycles. The van der Waals surface area contributed by atoms with E-state index >= 15 is 0 Å². The third kappa shape index (κ3) is 8.15. The maximum absolute atomic E-state index is 12.3. The zero-order valence-corrected chi connectivity index (χ0v) is 21.3. The molecule has 0 aliphatic rings. The first-order chi connectivity index (χ1) is 14.4. The van der Waals surface area contributed by atoms with Gasteiger partial charge in [0.2, 0.25) is 10.0 Å². The largest absolute Gasteiger partial charge is 0.497 e. The second-order valence-electron chi connectivity index (χ2n) is 6.36. The molecule has 11 heteroatoms. The van der Waals surface area contributed by atoms with Gasteiger partial charge in [-0.25, -0.2) is 13.1 Å². The van der Waals surface area contributed by atoms with Crippen LogP contribution in [0.3, 0.4) is 0 Å². The van der Waals surface area contributed by atoms with Crippen LogP contribution in [0, 0.1) is 0 Å². The molecule has 172 valence electrons. The van der Waals surface area contributed by atoms with Gasteiger partial charge >= 0.3 is 0 Å². The summed E-state index contributed by atoms with van der Waals surface area (Å²) in [6.07, 6.45) is 2.84. The van der Waals surface area contributed by atoms with Crippen molar-refractivity contribution in [3.8, 4) is 11.5 Å². The number of benzene rings is 1. The first-order valence-electron chi connectivity index (χ1n) is 9.51. The number of methoxy groups -OCH3 is 2. The Kier molecular flexibility index (Phi) is 11.6. The lowest BCUT2D eigenvalue weighted by Gasteiger charge is -2.23. The summed E-state index contributed by atoms with van der Waals surface area (Å²) in [7, 11) is 1.54. The summed E-state index contributed by atoms with van der Waals surface area (Å²) in [6, 6.07) is 8.74. The number of aromatic nitrogens is 1. The first kappa shape index (κ1) is 26.9. The Morgan fingerprint density at radius 1 is 1.23 bits per heavy atom. The molecular weight excluding hydrogens is 533 g/mol. The summed E-state index contributed by atoms with van der Waals surface area (Å²) in [5.41, 5.74) is 0.976. The van der Waals surface area contributed by atoms with Gasteiger partial charge in [0.25, 0.3) is 0 Å². The molecule has 9 nitrogen and oxygen atoms in total. The lowest BCUT2D eigenvalue weighted by Crippen LogP contribution is -2.39. The molecule has 0 amide bonds. The molecule has 1 aromatic carbocycles. The molecular formula is C20H30IN5O4S. The molecule has 0 bridgehead atoms. The van der Waals surface area contributed by atoms with Gasteiger partial charge in [-0.3, -0.25) is 9.98 Å². The van der Waals surface area contributed by atoms with Crippen molar-refractivity contribution in [1.29, 1.82) is 0 Å². The van der Waals surface area contributed by atoms with Crippen LogP contribution >= 0.6 is 24.0 Å². The quantitative estimate of drug-likeness (QED) is 0.198. The highest BCUT2D eigenvalue weighted by atomic mass is 127. The Bertz CT molecular complexity index is 942. The van der Waals surface area contributed by atoms with Gasteiger partial charge in [0.05, 0.1) is 20.8 Å². The van der Waals surface area contributed by atoms with Crippen LogP contribution in [0.4, 0.5) is 0 Å². The summed E-state index contributed by atoms with van der Waals surface area (Å²) >= 11 is 0. The Hall–Kier alpha value is -2.12. The van der Waals surface area contributed by atoms with E-state index in [0.717, 1.165) is 17.1 Å². The second kappa shape index (κ2) is 13.3. The smallest absolute Gasteiger partial charge is 0.242 e. The van der Waals surface area contributed by atoms with E-state index in [0.29, 0.717) is 19.0 Å². The van der Waals surface area contributed by atoms with Crippen molar-refractivity contribution in [2.75, 3.05) is 40.9 Å². The minimum absolute atomic E-state index is 0. The summed E-state index contributed by atoms with van der Waals surface area (Å²) in [5, 5.41) is 3.22.